The molecular weight excluding hydrogens is 224 g/mol. The van der Waals surface area contributed by atoms with Gasteiger partial charge in [-0.15, -0.1) is 0 Å². The summed E-state index contributed by atoms with van der Waals surface area (Å²) >= 11 is 0. The molecule has 0 aliphatic carbocycles. The first-order valence-corrected chi connectivity index (χ1v) is 13.5. The van der Waals surface area contributed by atoms with Gasteiger partial charge in [-0.05, 0) is 0 Å². The fraction of sp³-hybridized carbons (Fsp3) is 1.00. The van der Waals surface area contributed by atoms with Gasteiger partial charge in [0.25, 0.3) is 0 Å². The molecule has 0 aromatic heterocycles. The van der Waals surface area contributed by atoms with Crippen molar-refractivity contribution in [3.05, 3.63) is 0 Å². The predicted molar refractivity (Wildman–Crippen MR) is 55.9 cm³/mol. The van der Waals surface area contributed by atoms with Gasteiger partial charge in [0.1, 0.15) is 0 Å². The first kappa shape index (κ1) is 5.44. The molecule has 5 atom stereocenters. The SMILES string of the molecule is CCC(C)[C]12[CH]3[CH]4[CH]5[CH]1[Fe]45321678[CH]2[CH]1[CH]6[CH]7[CH]28. The Morgan fingerprint density at radius 3 is 1.60 bits per heavy atom. The summed E-state index contributed by atoms with van der Waals surface area (Å²) in [7, 11) is 0. The Bertz CT molecular complexity index is 812. The molecule has 10 fully saturated rings. The maximum atomic E-state index is 2.68. The second kappa shape index (κ2) is 0.390. The third kappa shape index (κ3) is 0.0464. The normalized spacial score (nSPS) is 136. The van der Waals surface area contributed by atoms with Gasteiger partial charge in [0.15, 0.2) is 0 Å². The van der Waals surface area contributed by atoms with Gasteiger partial charge in [-0.25, -0.2) is 0 Å². The van der Waals surface area contributed by atoms with Gasteiger partial charge < -0.3 is 0 Å². The van der Waals surface area contributed by atoms with Crippen molar-refractivity contribution in [1.29, 1.82) is 0 Å². The molecule has 0 nitrogen and oxygen atoms in total. The molecule has 0 radical (unpaired) electrons. The topological polar surface area (TPSA) is 0 Å². The van der Waals surface area contributed by atoms with E-state index in [9.17, 15) is 0 Å². The minimum atomic E-state index is -2.63. The van der Waals surface area contributed by atoms with Crippen LogP contribution in [0.25, 0.3) is 0 Å². The zero-order chi connectivity index (χ0) is 9.30. The molecule has 15 heavy (non-hydrogen) atoms. The van der Waals surface area contributed by atoms with Gasteiger partial charge in [0, 0.05) is 0 Å². The van der Waals surface area contributed by atoms with Gasteiger partial charge in [0.2, 0.25) is 0 Å². The Kier molecular flexibility index (Phi) is 0.141. The Morgan fingerprint density at radius 2 is 1.40 bits per heavy atom. The molecule has 82 valence electrons. The van der Waals surface area contributed by atoms with E-state index in [4.69, 9.17) is 0 Å². The van der Waals surface area contributed by atoms with E-state index in [2.05, 4.69) is 13.8 Å². The third-order valence-electron chi connectivity index (χ3n) is 16.1. The quantitative estimate of drug-likeness (QED) is 0.610. The zero-order valence-corrected chi connectivity index (χ0v) is 10.4. The summed E-state index contributed by atoms with van der Waals surface area (Å²) in [6, 6.07) is 0. The molecule has 0 bridgehead atoms. The zero-order valence-electron chi connectivity index (χ0n) is 9.33. The van der Waals surface area contributed by atoms with Crippen molar-refractivity contribution >= 4 is 0 Å². The van der Waals surface area contributed by atoms with E-state index in [0.29, 0.717) is 0 Å². The van der Waals surface area contributed by atoms with Gasteiger partial charge >= 0.3 is 80.4 Å². The van der Waals surface area contributed by atoms with E-state index >= 15 is 0 Å². The van der Waals surface area contributed by atoms with Crippen LogP contribution >= 0.6 is 0 Å². The fourth-order valence-corrected chi connectivity index (χ4v) is 94.3. The van der Waals surface area contributed by atoms with Crippen LogP contribution in [0, 0.1) is 5.92 Å². The predicted octanol–water partition coefficient (Wildman–Crippen LogP) is 4.79. The molecule has 0 aromatic rings. The van der Waals surface area contributed by atoms with Gasteiger partial charge in [-0.3, -0.25) is 0 Å². The van der Waals surface area contributed by atoms with Crippen LogP contribution in [-0.2, 0) is 6.51 Å². The summed E-state index contributed by atoms with van der Waals surface area (Å²) in [4.78, 5) is 13.9. The van der Waals surface area contributed by atoms with Gasteiger partial charge in [-0.2, -0.15) is 0 Å². The van der Waals surface area contributed by atoms with Crippen molar-refractivity contribution in [2.75, 3.05) is 0 Å². The Balaban J connectivity index is 1.77. The molecule has 0 amide bonds. The van der Waals surface area contributed by atoms with Crippen molar-refractivity contribution in [1.82, 2.24) is 0 Å². The number of hydrogen-bond acceptors (Lipinski definition) is 0. The number of rotatable bonds is 2. The molecule has 10 aliphatic rings. The van der Waals surface area contributed by atoms with Crippen molar-refractivity contribution < 1.29 is 6.51 Å². The number of fused-ring (bicyclic) bond motifs is 10. The van der Waals surface area contributed by atoms with E-state index in [1.165, 1.54) is 26.3 Å². The van der Waals surface area contributed by atoms with Crippen LogP contribution in [0.15, 0.2) is 0 Å². The second-order valence-electron chi connectivity index (χ2n) is 11.0. The van der Waals surface area contributed by atoms with Crippen LogP contribution in [-0.4, -0.2) is 0 Å². The summed E-state index contributed by atoms with van der Waals surface area (Å²) in [5.74, 6) is 1.19. The summed E-state index contributed by atoms with van der Waals surface area (Å²) in [5, 5.41) is 0. The van der Waals surface area contributed by atoms with Gasteiger partial charge in [0.05, 0.1) is 0 Å². The molecule has 10 saturated heterocycles. The van der Waals surface area contributed by atoms with E-state index in [0.717, 1.165) is 0 Å². The van der Waals surface area contributed by atoms with Crippen molar-refractivity contribution in [3.63, 3.8) is 0 Å². The molecule has 0 saturated carbocycles. The molecular formula is C14H18Fe. The second-order valence-corrected chi connectivity index (χ2v) is 34.6. The van der Waals surface area contributed by atoms with Crippen LogP contribution < -0.4 is 0 Å². The van der Waals surface area contributed by atoms with Crippen LogP contribution in [0.5, 0.6) is 0 Å². The van der Waals surface area contributed by atoms with Gasteiger partial charge in [-0.1, -0.05) is 0 Å². The summed E-state index contributed by atoms with van der Waals surface area (Å²) in [6.07, 6.45) is 1.53. The Morgan fingerprint density at radius 1 is 0.933 bits per heavy atom. The Labute approximate surface area is 80.5 Å². The van der Waals surface area contributed by atoms with E-state index in [-0.39, 0.29) is 0 Å². The molecule has 1 spiro atoms. The first-order chi connectivity index (χ1) is 7.03. The molecule has 10 rings (SSSR count). The van der Waals surface area contributed by atoms with E-state index in [1.807, 2.05) is 0 Å². The average molecular weight is 242 g/mol. The summed E-state index contributed by atoms with van der Waals surface area (Å²) in [6.45, 7) is 2.55. The molecule has 5 unspecified atom stereocenters. The number of hydrogen-bond donors (Lipinski definition) is 0. The standard InChI is InChI=1S/C9H13.C5H5.Fe/c1-3-8(2)9-6-4-5-7-9;1-2-4-5-3-1;/h4-8H,3H2,1-2H3;1-5H;. The third-order valence-corrected chi connectivity index (χ3v) is 59.0. The molecule has 10 aliphatic heterocycles. The minimum absolute atomic E-state index is 1.19. The Hall–Kier alpha value is 0.519. The molecule has 0 N–H and O–H groups in total. The van der Waals surface area contributed by atoms with Crippen LogP contribution in [0.3, 0.4) is 0 Å². The van der Waals surface area contributed by atoms with Crippen molar-refractivity contribution in [3.8, 4) is 0 Å². The van der Waals surface area contributed by atoms with Crippen LogP contribution in [0.4, 0.5) is 0 Å². The maximum absolute atomic E-state index is 2.68. The molecule has 10 heterocycles. The summed E-state index contributed by atoms with van der Waals surface area (Å²) < 4.78 is 1.20. The fourth-order valence-electron chi connectivity index (χ4n) is 18.1. The summed E-state index contributed by atoms with van der Waals surface area (Å²) in [5.41, 5.74) is 0. The van der Waals surface area contributed by atoms with E-state index < -0.39 is 6.51 Å². The van der Waals surface area contributed by atoms with E-state index in [1.54, 1.807) is 33.7 Å². The molecule has 0 aromatic carbocycles. The van der Waals surface area contributed by atoms with Crippen molar-refractivity contribution in [2.24, 2.45) is 5.92 Å². The first-order valence-electron chi connectivity index (χ1n) is 7.24. The van der Waals surface area contributed by atoms with Crippen molar-refractivity contribution in [2.45, 2.75) is 67.9 Å². The van der Waals surface area contributed by atoms with Crippen LogP contribution in [0.1, 0.15) is 20.3 Å². The van der Waals surface area contributed by atoms with Crippen LogP contribution in [0.2, 0.25) is 47.7 Å². The molecule has 1 heteroatoms. The average Bonchev–Trinajstić information content (AvgIpc) is 3.18. The monoisotopic (exact) mass is 242 g/mol.